The average molecular weight is 470 g/mol. The average Bonchev–Trinajstić information content (AvgIpc) is 3.12. The van der Waals surface area contributed by atoms with Gasteiger partial charge < -0.3 is 15.8 Å². The van der Waals surface area contributed by atoms with Crippen LogP contribution < -0.4 is 11.1 Å². The van der Waals surface area contributed by atoms with Gasteiger partial charge in [0.1, 0.15) is 15.0 Å². The number of amides is 2. The molecule has 1 aromatic carbocycles. The fraction of sp³-hybridized carbons (Fsp3) is 0.400. The lowest BCUT2D eigenvalue weighted by atomic mass is 10.1. The van der Waals surface area contributed by atoms with Gasteiger partial charge >= 0.3 is 0 Å². The second-order valence-electron chi connectivity index (χ2n) is 7.18. The molecule has 1 aliphatic rings. The Morgan fingerprint density at radius 3 is 2.65 bits per heavy atom. The van der Waals surface area contributed by atoms with Crippen molar-refractivity contribution in [3.8, 4) is 0 Å². The van der Waals surface area contributed by atoms with Gasteiger partial charge in [-0.3, -0.25) is 9.59 Å². The number of hydrogen-bond acceptors (Lipinski definition) is 6. The molecule has 0 spiro atoms. The molecular weight excluding hydrogens is 445 g/mol. The van der Waals surface area contributed by atoms with Crippen molar-refractivity contribution in [2.45, 2.75) is 35.9 Å². The lowest BCUT2D eigenvalue weighted by molar-refractivity contribution is 0.0971. The molecule has 1 saturated heterocycles. The van der Waals surface area contributed by atoms with Crippen molar-refractivity contribution in [2.24, 2.45) is 5.73 Å². The zero-order valence-corrected chi connectivity index (χ0v) is 18.6. The van der Waals surface area contributed by atoms with Crippen LogP contribution in [0.4, 0.5) is 9.39 Å². The number of nitrogens with zero attached hydrogens (tertiary/aromatic N) is 1. The summed E-state index contributed by atoms with van der Waals surface area (Å²) in [5.41, 5.74) is 5.01. The van der Waals surface area contributed by atoms with Crippen LogP contribution in [-0.4, -0.2) is 50.8 Å². The highest BCUT2D eigenvalue weighted by atomic mass is 32.2. The predicted octanol–water partition coefficient (Wildman–Crippen LogP) is 2.82. The van der Waals surface area contributed by atoms with Crippen LogP contribution in [0.25, 0.3) is 0 Å². The molecule has 3 rings (SSSR count). The van der Waals surface area contributed by atoms with E-state index in [1.54, 1.807) is 0 Å². The number of sulfonamides is 1. The largest absolute Gasteiger partial charge is 0.381 e. The molecule has 8 nitrogen and oxygen atoms in total. The third-order valence-electron chi connectivity index (χ3n) is 5.14. The van der Waals surface area contributed by atoms with Crippen LogP contribution in [0, 0.1) is 5.82 Å². The van der Waals surface area contributed by atoms with E-state index in [0.29, 0.717) is 37.4 Å². The van der Waals surface area contributed by atoms with E-state index in [2.05, 4.69) is 5.32 Å². The van der Waals surface area contributed by atoms with E-state index in [0.717, 1.165) is 25.0 Å². The molecule has 1 fully saturated rings. The quantitative estimate of drug-likeness (QED) is 0.674. The zero-order valence-electron chi connectivity index (χ0n) is 17.0. The van der Waals surface area contributed by atoms with Gasteiger partial charge in [-0.1, -0.05) is 12.1 Å². The monoisotopic (exact) mass is 469 g/mol. The molecule has 2 aromatic rings. The van der Waals surface area contributed by atoms with Gasteiger partial charge in [0.25, 0.3) is 21.8 Å². The van der Waals surface area contributed by atoms with Gasteiger partial charge in [0.05, 0.1) is 11.1 Å². The minimum atomic E-state index is -3.95. The summed E-state index contributed by atoms with van der Waals surface area (Å²) in [6.45, 7) is 1.13. The summed E-state index contributed by atoms with van der Waals surface area (Å²) in [5.74, 6) is -2.45. The first-order chi connectivity index (χ1) is 14.7. The molecule has 1 atom stereocenters. The Bertz CT molecular complexity index is 1060. The number of thiophene rings is 1. The highest BCUT2D eigenvalue weighted by Crippen LogP contribution is 2.34. The molecule has 168 valence electrons. The molecule has 0 aliphatic carbocycles. The first-order valence-electron chi connectivity index (χ1n) is 9.77. The minimum absolute atomic E-state index is 0.0475. The van der Waals surface area contributed by atoms with Crippen LogP contribution in [0.5, 0.6) is 0 Å². The van der Waals surface area contributed by atoms with Crippen LogP contribution in [-0.2, 0) is 14.8 Å². The third kappa shape index (κ3) is 5.29. The van der Waals surface area contributed by atoms with Crippen molar-refractivity contribution in [1.82, 2.24) is 4.31 Å². The number of ether oxygens (including phenoxy) is 1. The minimum Gasteiger partial charge on any atom is -0.381 e. The predicted molar refractivity (Wildman–Crippen MR) is 115 cm³/mol. The molecule has 1 unspecified atom stereocenters. The molecule has 0 bridgehead atoms. The molecule has 1 aromatic heterocycles. The number of rotatable bonds is 6. The number of nitrogens with two attached hydrogens (primary N) is 1. The van der Waals surface area contributed by atoms with E-state index < -0.39 is 27.7 Å². The Morgan fingerprint density at radius 2 is 1.94 bits per heavy atom. The number of primary amides is 1. The maximum absolute atomic E-state index is 13.9. The van der Waals surface area contributed by atoms with Gasteiger partial charge in [-0.15, -0.1) is 11.3 Å². The van der Waals surface area contributed by atoms with E-state index >= 15 is 0 Å². The van der Waals surface area contributed by atoms with E-state index in [9.17, 15) is 22.4 Å². The zero-order chi connectivity index (χ0) is 22.6. The maximum atomic E-state index is 13.9. The van der Waals surface area contributed by atoms with Crippen LogP contribution in [0.1, 0.15) is 46.4 Å². The van der Waals surface area contributed by atoms with E-state index in [1.807, 2.05) is 0 Å². The number of halogens is 1. The fourth-order valence-electron chi connectivity index (χ4n) is 3.34. The summed E-state index contributed by atoms with van der Waals surface area (Å²) in [6.07, 6.45) is 2.96. The number of hydrogen-bond donors (Lipinski definition) is 2. The van der Waals surface area contributed by atoms with E-state index in [1.165, 1.54) is 29.6 Å². The topological polar surface area (TPSA) is 119 Å². The SMILES string of the molecule is CN(C1CCCCOCC1)S(=O)(=O)c1cc(C(N)=O)c(NC(=O)c2ccccc2F)s1. The molecule has 1 aliphatic heterocycles. The van der Waals surface area contributed by atoms with Crippen molar-refractivity contribution in [3.05, 3.63) is 47.3 Å². The molecule has 2 heterocycles. The first-order valence-corrected chi connectivity index (χ1v) is 12.0. The van der Waals surface area contributed by atoms with Gasteiger partial charge in [0.2, 0.25) is 0 Å². The van der Waals surface area contributed by atoms with Gasteiger partial charge in [-0.05, 0) is 43.9 Å². The van der Waals surface area contributed by atoms with Crippen molar-refractivity contribution in [3.63, 3.8) is 0 Å². The van der Waals surface area contributed by atoms with Crippen molar-refractivity contribution < 1.29 is 27.1 Å². The molecule has 0 radical (unpaired) electrons. The Morgan fingerprint density at radius 1 is 1.19 bits per heavy atom. The van der Waals surface area contributed by atoms with Crippen LogP contribution >= 0.6 is 11.3 Å². The van der Waals surface area contributed by atoms with Crippen molar-refractivity contribution in [1.29, 1.82) is 0 Å². The normalized spacial score (nSPS) is 17.7. The Hall–Kier alpha value is -2.34. The summed E-state index contributed by atoms with van der Waals surface area (Å²) in [4.78, 5) is 24.3. The highest BCUT2D eigenvalue weighted by molar-refractivity contribution is 7.91. The molecule has 0 saturated carbocycles. The van der Waals surface area contributed by atoms with Crippen LogP contribution in [0.3, 0.4) is 0 Å². The lowest BCUT2D eigenvalue weighted by Gasteiger charge is -2.28. The first kappa shape index (κ1) is 23.3. The van der Waals surface area contributed by atoms with Gasteiger partial charge in [0.15, 0.2) is 0 Å². The van der Waals surface area contributed by atoms with Crippen molar-refractivity contribution in [2.75, 3.05) is 25.6 Å². The number of carbonyl (C=O) groups is 2. The summed E-state index contributed by atoms with van der Waals surface area (Å²) in [5, 5.41) is 2.37. The highest BCUT2D eigenvalue weighted by Gasteiger charge is 2.32. The molecule has 31 heavy (non-hydrogen) atoms. The summed E-state index contributed by atoms with van der Waals surface area (Å²) < 4.78 is 46.9. The number of benzene rings is 1. The summed E-state index contributed by atoms with van der Waals surface area (Å²) in [6, 6.07) is 6.24. The Kier molecular flexibility index (Phi) is 7.42. The lowest BCUT2D eigenvalue weighted by Crippen LogP contribution is -2.38. The number of carbonyl (C=O) groups excluding carboxylic acids is 2. The Labute approximate surface area is 184 Å². The number of anilines is 1. The molecule has 3 N–H and O–H groups in total. The van der Waals surface area contributed by atoms with Gasteiger partial charge in [-0.25, -0.2) is 12.8 Å². The summed E-state index contributed by atoms with van der Waals surface area (Å²) >= 11 is 0.709. The standard InChI is InChI=1S/C20H24FN3O5S2/c1-24(13-6-4-5-10-29-11-9-13)31(27,28)17-12-15(18(22)25)20(30-17)23-19(26)14-7-2-3-8-16(14)21/h2-3,7-8,12-13H,4-6,9-11H2,1H3,(H2,22,25)(H,23,26). The molecule has 2 amide bonds. The molecule has 11 heteroatoms. The van der Waals surface area contributed by atoms with Crippen LogP contribution in [0.15, 0.2) is 34.5 Å². The van der Waals surface area contributed by atoms with Gasteiger partial charge in [0, 0.05) is 26.3 Å². The smallest absolute Gasteiger partial charge is 0.259 e. The van der Waals surface area contributed by atoms with E-state index in [-0.39, 0.29) is 26.4 Å². The second-order valence-corrected chi connectivity index (χ2v) is 10.5. The maximum Gasteiger partial charge on any atom is 0.259 e. The van der Waals surface area contributed by atoms with Crippen molar-refractivity contribution >= 4 is 38.2 Å². The van der Waals surface area contributed by atoms with E-state index in [4.69, 9.17) is 10.5 Å². The fourth-order valence-corrected chi connectivity index (χ4v) is 6.31. The van der Waals surface area contributed by atoms with Gasteiger partial charge in [-0.2, -0.15) is 4.31 Å². The molecular formula is C20H24FN3O5S2. The summed E-state index contributed by atoms with van der Waals surface area (Å²) in [7, 11) is -2.46. The van der Waals surface area contributed by atoms with Crippen LogP contribution in [0.2, 0.25) is 0 Å². The Balaban J connectivity index is 1.88. The number of nitrogens with one attached hydrogen (secondary N) is 1. The third-order valence-corrected chi connectivity index (χ3v) is 8.55. The second kappa shape index (κ2) is 9.86.